The normalized spacial score (nSPS) is 9.87. The lowest BCUT2D eigenvalue weighted by atomic mass is 10.0. The Morgan fingerprint density at radius 3 is 2.04 bits per heavy atom. The Morgan fingerprint density at radius 1 is 0.957 bits per heavy atom. The van der Waals surface area contributed by atoms with Crippen LogP contribution < -0.4 is 5.06 Å². The second-order valence-electron chi connectivity index (χ2n) is 6.07. The van der Waals surface area contributed by atoms with Gasteiger partial charge in [0.25, 0.3) is 0 Å². The Bertz CT molecular complexity index is 672. The van der Waals surface area contributed by atoms with E-state index in [2.05, 4.69) is 52.5 Å². The number of hydrogen-bond acceptors (Lipinski definition) is 2. The third kappa shape index (κ3) is 5.57. The quantitative estimate of drug-likeness (QED) is 0.718. The van der Waals surface area contributed by atoms with Crippen molar-refractivity contribution >= 4 is 11.3 Å². The van der Waals surface area contributed by atoms with E-state index in [4.69, 9.17) is 0 Å². The molecule has 23 heavy (non-hydrogen) atoms. The number of nitrogens with zero attached hydrogens (tertiary/aromatic N) is 1. The summed E-state index contributed by atoms with van der Waals surface area (Å²) in [5.41, 5.74) is 8.27. The van der Waals surface area contributed by atoms with E-state index < -0.39 is 0 Å². The third-order valence-corrected chi connectivity index (χ3v) is 4.04. The van der Waals surface area contributed by atoms with Crippen LogP contribution in [0, 0.1) is 27.7 Å². The van der Waals surface area contributed by atoms with Gasteiger partial charge < -0.3 is 0 Å². The van der Waals surface area contributed by atoms with Crippen LogP contribution in [0.15, 0.2) is 43.0 Å². The minimum absolute atomic E-state index is 0.831. The Morgan fingerprint density at radius 2 is 1.61 bits per heavy atom. The zero-order chi connectivity index (χ0) is 17.6. The molecule has 2 nitrogen and oxygen atoms in total. The highest BCUT2D eigenvalue weighted by Gasteiger charge is 2.03. The average Bonchev–Trinajstić information content (AvgIpc) is 2.50. The Balaban J connectivity index is 0.000000253. The highest BCUT2D eigenvalue weighted by Crippen LogP contribution is 2.23. The van der Waals surface area contributed by atoms with Crippen molar-refractivity contribution < 1.29 is 5.21 Å². The zero-order valence-corrected chi connectivity index (χ0v) is 15.3. The smallest absolute Gasteiger partial charge is 0.0660 e. The minimum atomic E-state index is 0.831. The summed E-state index contributed by atoms with van der Waals surface area (Å²) in [5.74, 6) is 0. The van der Waals surface area contributed by atoms with Crippen molar-refractivity contribution in [1.82, 2.24) is 0 Å². The van der Waals surface area contributed by atoms with Gasteiger partial charge in [0.05, 0.1) is 5.69 Å². The SMILES string of the molecule is C=C(CC)c1ccc(N(C)O)c(C)c1.Cc1ccc(C)c(C)c1. The molecular formula is C21H29NO. The molecule has 0 atom stereocenters. The van der Waals surface area contributed by atoms with Crippen molar-refractivity contribution in [3.8, 4) is 0 Å². The molecule has 124 valence electrons. The minimum Gasteiger partial charge on any atom is -0.289 e. The van der Waals surface area contributed by atoms with Crippen molar-refractivity contribution in [2.45, 2.75) is 41.0 Å². The molecule has 0 amide bonds. The number of anilines is 1. The molecule has 0 unspecified atom stereocenters. The number of hydroxylamine groups is 1. The molecule has 0 saturated carbocycles. The summed E-state index contributed by atoms with van der Waals surface area (Å²) in [7, 11) is 1.62. The van der Waals surface area contributed by atoms with E-state index >= 15 is 0 Å². The zero-order valence-electron chi connectivity index (χ0n) is 15.3. The first-order valence-electron chi connectivity index (χ1n) is 8.01. The summed E-state index contributed by atoms with van der Waals surface area (Å²) < 4.78 is 0. The fourth-order valence-corrected chi connectivity index (χ4v) is 2.33. The number of hydrogen-bond donors (Lipinski definition) is 1. The van der Waals surface area contributed by atoms with Crippen LogP contribution in [0.1, 0.15) is 41.2 Å². The maximum absolute atomic E-state index is 9.30. The lowest BCUT2D eigenvalue weighted by Crippen LogP contribution is -2.11. The van der Waals surface area contributed by atoms with Gasteiger partial charge in [-0.1, -0.05) is 43.3 Å². The lowest BCUT2D eigenvalue weighted by Gasteiger charge is -2.14. The maximum Gasteiger partial charge on any atom is 0.0660 e. The monoisotopic (exact) mass is 311 g/mol. The molecule has 0 saturated heterocycles. The number of aryl methyl sites for hydroxylation is 4. The molecule has 0 aliphatic rings. The van der Waals surface area contributed by atoms with Crippen LogP contribution in [0.2, 0.25) is 0 Å². The van der Waals surface area contributed by atoms with Gasteiger partial charge in [-0.2, -0.15) is 0 Å². The van der Waals surface area contributed by atoms with E-state index in [1.165, 1.54) is 16.7 Å². The van der Waals surface area contributed by atoms with Gasteiger partial charge in [-0.05, 0) is 74.1 Å². The molecule has 0 aliphatic carbocycles. The van der Waals surface area contributed by atoms with E-state index in [1.807, 2.05) is 25.1 Å². The van der Waals surface area contributed by atoms with Crippen molar-refractivity contribution in [2.75, 3.05) is 12.1 Å². The predicted octanol–water partition coefficient (Wildman–Crippen LogP) is 5.86. The standard InChI is InChI=1S/C12H17NO.C9H12/c1-5-9(2)11-6-7-12(13(4)14)10(3)8-11;1-7-4-5-8(2)9(3)6-7/h6-8,14H,2,5H2,1,3-4H3;4-6H,1-3H3. The fraction of sp³-hybridized carbons (Fsp3) is 0.333. The van der Waals surface area contributed by atoms with E-state index in [-0.39, 0.29) is 0 Å². The summed E-state index contributed by atoms with van der Waals surface area (Å²) in [6, 6.07) is 12.4. The van der Waals surface area contributed by atoms with Crippen LogP contribution >= 0.6 is 0 Å². The predicted molar refractivity (Wildman–Crippen MR) is 101 cm³/mol. The summed E-state index contributed by atoms with van der Waals surface area (Å²) >= 11 is 0. The Kier molecular flexibility index (Phi) is 7.05. The first-order chi connectivity index (χ1) is 10.8. The first kappa shape index (κ1) is 19.0. The molecule has 0 bridgehead atoms. The van der Waals surface area contributed by atoms with Crippen LogP contribution in [0.4, 0.5) is 5.69 Å². The molecule has 0 aliphatic heterocycles. The molecule has 0 radical (unpaired) electrons. The van der Waals surface area contributed by atoms with E-state index in [0.717, 1.165) is 33.9 Å². The second kappa shape index (κ2) is 8.54. The van der Waals surface area contributed by atoms with Gasteiger partial charge in [0.2, 0.25) is 0 Å². The topological polar surface area (TPSA) is 23.5 Å². The molecule has 0 heterocycles. The molecule has 2 rings (SSSR count). The lowest BCUT2D eigenvalue weighted by molar-refractivity contribution is 0.279. The number of rotatable bonds is 3. The molecule has 2 aromatic carbocycles. The van der Waals surface area contributed by atoms with Crippen molar-refractivity contribution in [3.05, 3.63) is 70.8 Å². The molecule has 2 aromatic rings. The van der Waals surface area contributed by atoms with Crippen LogP contribution in [0.25, 0.3) is 5.57 Å². The van der Waals surface area contributed by atoms with E-state index in [0.29, 0.717) is 0 Å². The average molecular weight is 311 g/mol. The van der Waals surface area contributed by atoms with Gasteiger partial charge >= 0.3 is 0 Å². The van der Waals surface area contributed by atoms with Gasteiger partial charge in [0.15, 0.2) is 0 Å². The van der Waals surface area contributed by atoms with Crippen LogP contribution in [0.3, 0.4) is 0 Å². The van der Waals surface area contributed by atoms with Gasteiger partial charge in [-0.25, -0.2) is 0 Å². The second-order valence-corrected chi connectivity index (χ2v) is 6.07. The highest BCUT2D eigenvalue weighted by molar-refractivity contribution is 5.67. The van der Waals surface area contributed by atoms with Crippen molar-refractivity contribution in [2.24, 2.45) is 0 Å². The first-order valence-corrected chi connectivity index (χ1v) is 8.01. The molecule has 1 N–H and O–H groups in total. The summed E-state index contributed by atoms with van der Waals surface area (Å²) in [6.45, 7) is 14.4. The molecular weight excluding hydrogens is 282 g/mol. The van der Waals surface area contributed by atoms with E-state index in [1.54, 1.807) is 7.05 Å². The Hall–Kier alpha value is -2.06. The van der Waals surface area contributed by atoms with E-state index in [9.17, 15) is 5.21 Å². The van der Waals surface area contributed by atoms with Crippen LogP contribution in [-0.2, 0) is 0 Å². The maximum atomic E-state index is 9.30. The summed E-state index contributed by atoms with van der Waals surface area (Å²) in [5, 5.41) is 10.4. The van der Waals surface area contributed by atoms with Crippen molar-refractivity contribution in [3.63, 3.8) is 0 Å². The Labute approximate surface area is 141 Å². The van der Waals surface area contributed by atoms with Crippen LogP contribution in [-0.4, -0.2) is 12.3 Å². The number of benzene rings is 2. The van der Waals surface area contributed by atoms with Crippen LogP contribution in [0.5, 0.6) is 0 Å². The molecule has 0 spiro atoms. The highest BCUT2D eigenvalue weighted by atomic mass is 16.5. The largest absolute Gasteiger partial charge is 0.289 e. The van der Waals surface area contributed by atoms with Crippen molar-refractivity contribution in [1.29, 1.82) is 0 Å². The van der Waals surface area contributed by atoms with Gasteiger partial charge in [0.1, 0.15) is 0 Å². The third-order valence-electron chi connectivity index (χ3n) is 4.04. The van der Waals surface area contributed by atoms with Gasteiger partial charge in [-0.15, -0.1) is 0 Å². The summed E-state index contributed by atoms with van der Waals surface area (Å²) in [6.07, 6.45) is 0.952. The van der Waals surface area contributed by atoms with Gasteiger partial charge in [-0.3, -0.25) is 10.3 Å². The number of allylic oxidation sites excluding steroid dienone is 1. The summed E-state index contributed by atoms with van der Waals surface area (Å²) in [4.78, 5) is 0. The fourth-order valence-electron chi connectivity index (χ4n) is 2.33. The molecule has 2 heteroatoms. The van der Waals surface area contributed by atoms with Gasteiger partial charge in [0, 0.05) is 7.05 Å². The molecule has 0 fully saturated rings. The molecule has 0 aromatic heterocycles.